The van der Waals surface area contributed by atoms with Crippen LogP contribution in [-0.4, -0.2) is 0 Å². The van der Waals surface area contributed by atoms with Gasteiger partial charge in [-0.1, -0.05) is 64.5 Å². The van der Waals surface area contributed by atoms with Crippen molar-refractivity contribution in [3.05, 3.63) is 54.7 Å². The van der Waals surface area contributed by atoms with Crippen LogP contribution in [-0.2, 0) is 5.41 Å². The van der Waals surface area contributed by atoms with Gasteiger partial charge in [-0.05, 0) is 105 Å². The van der Waals surface area contributed by atoms with Gasteiger partial charge in [0.1, 0.15) is 0 Å². The molecule has 0 aromatic heterocycles. The third kappa shape index (κ3) is 3.95. The first-order valence-electron chi connectivity index (χ1n) is 9.73. The van der Waals surface area contributed by atoms with Gasteiger partial charge in [0, 0.05) is 12.6 Å². The van der Waals surface area contributed by atoms with Crippen LogP contribution in [0.3, 0.4) is 0 Å². The van der Waals surface area contributed by atoms with E-state index < -0.39 is 0 Å². The van der Waals surface area contributed by atoms with Crippen LogP contribution in [0, 0.1) is 7.14 Å². The number of benzene rings is 2. The molecule has 0 nitrogen and oxygen atoms in total. The Morgan fingerprint density at radius 1 is 0.680 bits per heavy atom. The van der Waals surface area contributed by atoms with Crippen LogP contribution in [0.15, 0.2) is 36.4 Å². The maximum atomic E-state index is 2.48. The Hall–Kier alpha value is -0.100. The van der Waals surface area contributed by atoms with E-state index in [2.05, 4.69) is 95.4 Å². The molecule has 134 valence electrons. The number of fused-ring (bicyclic) bond motifs is 3. The highest BCUT2D eigenvalue weighted by Gasteiger charge is 2.42. The Kier molecular flexibility index (Phi) is 6.86. The van der Waals surface area contributed by atoms with E-state index in [0.29, 0.717) is 0 Å². The molecule has 0 spiro atoms. The molecule has 3 rings (SSSR count). The zero-order chi connectivity index (χ0) is 17.9. The number of halogens is 2. The first kappa shape index (κ1) is 19.7. The average molecular weight is 558 g/mol. The van der Waals surface area contributed by atoms with E-state index in [-0.39, 0.29) is 5.41 Å². The van der Waals surface area contributed by atoms with Gasteiger partial charge in [0.05, 0.1) is 0 Å². The van der Waals surface area contributed by atoms with Crippen LogP contribution in [0.1, 0.15) is 76.3 Å². The summed E-state index contributed by atoms with van der Waals surface area (Å²) in [4.78, 5) is 0. The summed E-state index contributed by atoms with van der Waals surface area (Å²) in [6, 6.07) is 14.2. The maximum absolute atomic E-state index is 2.48. The molecule has 0 radical (unpaired) electrons. The Morgan fingerprint density at radius 3 is 1.52 bits per heavy atom. The fraction of sp³-hybridized carbons (Fsp3) is 0.478. The minimum absolute atomic E-state index is 0.234. The van der Waals surface area contributed by atoms with E-state index in [0.717, 1.165) is 0 Å². The van der Waals surface area contributed by atoms with Crippen LogP contribution >= 0.6 is 45.2 Å². The highest BCUT2D eigenvalue weighted by molar-refractivity contribution is 14.1. The molecule has 0 amide bonds. The second-order valence-electron chi connectivity index (χ2n) is 7.38. The van der Waals surface area contributed by atoms with E-state index in [1.165, 1.54) is 69.6 Å². The highest BCUT2D eigenvalue weighted by atomic mass is 127. The van der Waals surface area contributed by atoms with Crippen molar-refractivity contribution in [2.75, 3.05) is 0 Å². The monoisotopic (exact) mass is 558 g/mol. The zero-order valence-electron chi connectivity index (χ0n) is 15.4. The summed E-state index contributed by atoms with van der Waals surface area (Å²) in [5, 5.41) is 0. The predicted octanol–water partition coefficient (Wildman–Crippen LogP) is 8.32. The van der Waals surface area contributed by atoms with Gasteiger partial charge in [-0.25, -0.2) is 0 Å². The van der Waals surface area contributed by atoms with Crippen molar-refractivity contribution in [3.8, 4) is 11.1 Å². The molecule has 0 atom stereocenters. The van der Waals surface area contributed by atoms with Gasteiger partial charge in [-0.3, -0.25) is 0 Å². The molecule has 0 saturated heterocycles. The first-order valence-corrected chi connectivity index (χ1v) is 11.9. The van der Waals surface area contributed by atoms with Crippen LogP contribution in [0.2, 0.25) is 0 Å². The molecule has 2 aromatic carbocycles. The zero-order valence-corrected chi connectivity index (χ0v) is 19.7. The molecule has 0 saturated carbocycles. The summed E-state index contributed by atoms with van der Waals surface area (Å²) in [6.07, 6.45) is 10.5. The minimum Gasteiger partial charge on any atom is -0.0654 e. The molecule has 0 bridgehead atoms. The van der Waals surface area contributed by atoms with Crippen molar-refractivity contribution in [1.29, 1.82) is 0 Å². The molecule has 0 fully saturated rings. The van der Waals surface area contributed by atoms with Crippen LogP contribution in [0.25, 0.3) is 11.1 Å². The molecular weight excluding hydrogens is 530 g/mol. The van der Waals surface area contributed by atoms with Crippen LogP contribution < -0.4 is 0 Å². The SMILES string of the molecule is CCCCCC1(CCCCC)c2cc(I)ccc2-c2ccc(I)cc21. The summed E-state index contributed by atoms with van der Waals surface area (Å²) in [6.45, 7) is 4.62. The maximum Gasteiger partial charge on any atom is 0.0216 e. The summed E-state index contributed by atoms with van der Waals surface area (Å²) >= 11 is 4.97. The lowest BCUT2D eigenvalue weighted by atomic mass is 9.70. The van der Waals surface area contributed by atoms with Gasteiger partial charge in [0.15, 0.2) is 0 Å². The predicted molar refractivity (Wildman–Crippen MR) is 126 cm³/mol. The third-order valence-electron chi connectivity index (χ3n) is 5.70. The van der Waals surface area contributed by atoms with Gasteiger partial charge in [0.2, 0.25) is 0 Å². The Labute approximate surface area is 180 Å². The van der Waals surface area contributed by atoms with Crippen molar-refractivity contribution in [2.24, 2.45) is 0 Å². The Balaban J connectivity index is 2.13. The molecule has 25 heavy (non-hydrogen) atoms. The lowest BCUT2D eigenvalue weighted by Gasteiger charge is -2.33. The van der Waals surface area contributed by atoms with E-state index in [1.807, 2.05) is 0 Å². The number of unbranched alkanes of at least 4 members (excludes halogenated alkanes) is 4. The van der Waals surface area contributed by atoms with Gasteiger partial charge in [-0.2, -0.15) is 0 Å². The number of hydrogen-bond donors (Lipinski definition) is 0. The molecular formula is C23H28I2. The lowest BCUT2D eigenvalue weighted by molar-refractivity contribution is 0.405. The molecule has 0 aliphatic heterocycles. The van der Waals surface area contributed by atoms with Crippen molar-refractivity contribution < 1.29 is 0 Å². The van der Waals surface area contributed by atoms with Crippen molar-refractivity contribution in [3.63, 3.8) is 0 Å². The van der Waals surface area contributed by atoms with E-state index >= 15 is 0 Å². The third-order valence-corrected chi connectivity index (χ3v) is 7.04. The smallest absolute Gasteiger partial charge is 0.0216 e. The van der Waals surface area contributed by atoms with Crippen LogP contribution in [0.5, 0.6) is 0 Å². The standard InChI is InChI=1S/C23H28I2/c1-3-5-7-13-23(14-8-6-4-2)21-15-17(24)9-11-19(21)20-12-10-18(25)16-22(20)23/h9-12,15-16H,3-8,13-14H2,1-2H3. The summed E-state index contributed by atoms with van der Waals surface area (Å²) in [7, 11) is 0. The molecule has 1 aliphatic carbocycles. The fourth-order valence-electron chi connectivity index (χ4n) is 4.46. The lowest BCUT2D eigenvalue weighted by Crippen LogP contribution is -2.25. The molecule has 2 aromatic rings. The number of hydrogen-bond acceptors (Lipinski definition) is 0. The molecule has 0 heterocycles. The average Bonchev–Trinajstić information content (AvgIpc) is 2.85. The molecule has 0 unspecified atom stereocenters. The summed E-state index contributed by atoms with van der Waals surface area (Å²) < 4.78 is 2.74. The normalized spacial score (nSPS) is 14.4. The topological polar surface area (TPSA) is 0 Å². The van der Waals surface area contributed by atoms with Crippen molar-refractivity contribution in [2.45, 2.75) is 70.6 Å². The van der Waals surface area contributed by atoms with Crippen molar-refractivity contribution >= 4 is 45.2 Å². The number of rotatable bonds is 8. The Bertz CT molecular complexity index is 669. The second kappa shape index (κ2) is 8.73. The van der Waals surface area contributed by atoms with Gasteiger partial charge in [-0.15, -0.1) is 0 Å². The summed E-state index contributed by atoms with van der Waals surface area (Å²) in [5.74, 6) is 0. The first-order chi connectivity index (χ1) is 12.1. The molecule has 1 aliphatic rings. The van der Waals surface area contributed by atoms with E-state index in [1.54, 1.807) is 11.1 Å². The van der Waals surface area contributed by atoms with Gasteiger partial charge < -0.3 is 0 Å². The Morgan fingerprint density at radius 2 is 1.12 bits per heavy atom. The largest absolute Gasteiger partial charge is 0.0654 e. The van der Waals surface area contributed by atoms with Crippen LogP contribution in [0.4, 0.5) is 0 Å². The fourth-order valence-corrected chi connectivity index (χ4v) is 5.44. The van der Waals surface area contributed by atoms with Gasteiger partial charge in [0.25, 0.3) is 0 Å². The summed E-state index contributed by atoms with van der Waals surface area (Å²) in [5.41, 5.74) is 6.41. The van der Waals surface area contributed by atoms with E-state index in [9.17, 15) is 0 Å². The second-order valence-corrected chi connectivity index (χ2v) is 9.87. The minimum atomic E-state index is 0.234. The molecule has 0 N–H and O–H groups in total. The van der Waals surface area contributed by atoms with Gasteiger partial charge >= 0.3 is 0 Å². The van der Waals surface area contributed by atoms with Crippen molar-refractivity contribution in [1.82, 2.24) is 0 Å². The molecule has 2 heteroatoms. The highest BCUT2D eigenvalue weighted by Crippen LogP contribution is 2.54. The quantitative estimate of drug-likeness (QED) is 0.226. The van der Waals surface area contributed by atoms with E-state index in [4.69, 9.17) is 0 Å².